The molecular formula is C19H18O3. The molecular weight excluding hydrogens is 276 g/mol. The van der Waals surface area contributed by atoms with Crippen LogP contribution in [0.2, 0.25) is 0 Å². The Bertz CT molecular complexity index is 655. The minimum Gasteiger partial charge on any atom is -0.463 e. The smallest absolute Gasteiger partial charge is 0.330 e. The van der Waals surface area contributed by atoms with Crippen LogP contribution in [0.1, 0.15) is 28.4 Å². The van der Waals surface area contributed by atoms with E-state index in [0.29, 0.717) is 18.6 Å². The molecule has 0 spiro atoms. The number of carbonyl (C=O) groups is 2. The molecule has 3 heteroatoms. The second kappa shape index (κ2) is 7.93. The number of hydrogen-bond acceptors (Lipinski definition) is 3. The Morgan fingerprint density at radius 3 is 2.32 bits per heavy atom. The quantitative estimate of drug-likeness (QED) is 0.463. The Balaban J connectivity index is 1.99. The van der Waals surface area contributed by atoms with Crippen LogP contribution in [-0.4, -0.2) is 18.4 Å². The zero-order valence-corrected chi connectivity index (χ0v) is 12.5. The summed E-state index contributed by atoms with van der Waals surface area (Å²) in [5.74, 6) is -0.293. The molecule has 2 aromatic carbocycles. The van der Waals surface area contributed by atoms with Crippen molar-refractivity contribution in [3.8, 4) is 0 Å². The lowest BCUT2D eigenvalue weighted by atomic mass is 10.0. The predicted molar refractivity (Wildman–Crippen MR) is 86.6 cm³/mol. The Hall–Kier alpha value is -2.68. The molecule has 0 unspecified atom stereocenters. The fourth-order valence-corrected chi connectivity index (χ4v) is 2.02. The average molecular weight is 294 g/mol. The summed E-state index contributed by atoms with van der Waals surface area (Å²) in [7, 11) is 0. The van der Waals surface area contributed by atoms with E-state index in [9.17, 15) is 9.59 Å². The molecule has 2 aromatic rings. The van der Waals surface area contributed by atoms with Crippen molar-refractivity contribution in [1.29, 1.82) is 0 Å². The molecule has 0 aromatic heterocycles. The van der Waals surface area contributed by atoms with E-state index in [1.54, 1.807) is 25.1 Å². The number of hydrogen-bond donors (Lipinski definition) is 0. The maximum absolute atomic E-state index is 12.2. The van der Waals surface area contributed by atoms with Gasteiger partial charge in [0.1, 0.15) is 0 Å². The maximum Gasteiger partial charge on any atom is 0.330 e. The molecule has 0 N–H and O–H groups in total. The highest BCUT2D eigenvalue weighted by Crippen LogP contribution is 2.10. The second-order valence-corrected chi connectivity index (χ2v) is 4.79. The SMILES string of the molecule is CCOC(=O)/C=C/c1ccc(C(=O)Cc2ccccc2)cc1. The Labute approximate surface area is 130 Å². The normalized spacial score (nSPS) is 10.6. The number of benzene rings is 2. The summed E-state index contributed by atoms with van der Waals surface area (Å²) in [5.41, 5.74) is 2.51. The molecule has 0 saturated carbocycles. The molecule has 112 valence electrons. The van der Waals surface area contributed by atoms with Crippen LogP contribution in [-0.2, 0) is 16.0 Å². The molecule has 0 aliphatic heterocycles. The van der Waals surface area contributed by atoms with E-state index < -0.39 is 0 Å². The number of ketones is 1. The minimum absolute atomic E-state index is 0.0760. The zero-order valence-electron chi connectivity index (χ0n) is 12.5. The number of carbonyl (C=O) groups excluding carboxylic acids is 2. The molecule has 0 bridgehead atoms. The summed E-state index contributed by atoms with van der Waals surface area (Å²) in [6.45, 7) is 2.12. The molecule has 0 radical (unpaired) electrons. The van der Waals surface area contributed by atoms with Crippen molar-refractivity contribution in [2.24, 2.45) is 0 Å². The van der Waals surface area contributed by atoms with Crippen LogP contribution < -0.4 is 0 Å². The summed E-state index contributed by atoms with van der Waals surface area (Å²) in [6, 6.07) is 16.8. The van der Waals surface area contributed by atoms with Gasteiger partial charge in [0.15, 0.2) is 5.78 Å². The molecule has 2 rings (SSSR count). The highest BCUT2D eigenvalue weighted by molar-refractivity contribution is 5.97. The average Bonchev–Trinajstić information content (AvgIpc) is 2.54. The Morgan fingerprint density at radius 1 is 1.00 bits per heavy atom. The number of Topliss-reactive ketones (excluding diaryl/α,β-unsaturated/α-hetero) is 1. The van der Waals surface area contributed by atoms with Gasteiger partial charge in [-0.05, 0) is 24.1 Å². The van der Waals surface area contributed by atoms with E-state index >= 15 is 0 Å². The fraction of sp³-hybridized carbons (Fsp3) is 0.158. The zero-order chi connectivity index (χ0) is 15.8. The van der Waals surface area contributed by atoms with Crippen molar-refractivity contribution >= 4 is 17.8 Å². The third-order valence-electron chi connectivity index (χ3n) is 3.14. The highest BCUT2D eigenvalue weighted by atomic mass is 16.5. The van der Waals surface area contributed by atoms with Gasteiger partial charge in [-0.1, -0.05) is 54.6 Å². The first-order valence-electron chi connectivity index (χ1n) is 7.21. The largest absolute Gasteiger partial charge is 0.463 e. The van der Waals surface area contributed by atoms with Gasteiger partial charge in [0.2, 0.25) is 0 Å². The van der Waals surface area contributed by atoms with Crippen LogP contribution in [0.15, 0.2) is 60.7 Å². The van der Waals surface area contributed by atoms with Crippen molar-refractivity contribution in [2.75, 3.05) is 6.61 Å². The van der Waals surface area contributed by atoms with Crippen LogP contribution in [0.25, 0.3) is 6.08 Å². The molecule has 0 amide bonds. The molecule has 0 fully saturated rings. The van der Waals surface area contributed by atoms with Crippen LogP contribution in [0.3, 0.4) is 0 Å². The van der Waals surface area contributed by atoms with E-state index in [-0.39, 0.29) is 11.8 Å². The van der Waals surface area contributed by atoms with Gasteiger partial charge in [-0.3, -0.25) is 4.79 Å². The van der Waals surface area contributed by atoms with E-state index in [0.717, 1.165) is 11.1 Å². The van der Waals surface area contributed by atoms with Crippen molar-refractivity contribution in [1.82, 2.24) is 0 Å². The van der Waals surface area contributed by atoms with Gasteiger partial charge in [-0.15, -0.1) is 0 Å². The standard InChI is InChI=1S/C19H18O3/c1-2-22-19(21)13-10-15-8-11-17(12-9-15)18(20)14-16-6-4-3-5-7-16/h3-13H,2,14H2,1H3/b13-10+. The van der Waals surface area contributed by atoms with Crippen molar-refractivity contribution in [3.05, 3.63) is 77.4 Å². The molecule has 0 aliphatic carbocycles. The summed E-state index contributed by atoms with van der Waals surface area (Å²) in [4.78, 5) is 23.4. The van der Waals surface area contributed by atoms with Crippen LogP contribution in [0.4, 0.5) is 0 Å². The molecule has 22 heavy (non-hydrogen) atoms. The fourth-order valence-electron chi connectivity index (χ4n) is 2.02. The lowest BCUT2D eigenvalue weighted by Crippen LogP contribution is -2.03. The van der Waals surface area contributed by atoms with E-state index in [4.69, 9.17) is 4.74 Å². The van der Waals surface area contributed by atoms with Gasteiger partial charge in [-0.25, -0.2) is 4.79 Å². The third kappa shape index (κ3) is 4.70. The molecule has 3 nitrogen and oxygen atoms in total. The van der Waals surface area contributed by atoms with Crippen LogP contribution in [0, 0.1) is 0 Å². The Kier molecular flexibility index (Phi) is 5.66. The van der Waals surface area contributed by atoms with Gasteiger partial charge in [0.05, 0.1) is 6.61 Å². The summed E-state index contributed by atoms with van der Waals surface area (Å²) < 4.78 is 4.81. The third-order valence-corrected chi connectivity index (χ3v) is 3.14. The Morgan fingerprint density at radius 2 is 1.68 bits per heavy atom. The lowest BCUT2D eigenvalue weighted by Gasteiger charge is -2.02. The van der Waals surface area contributed by atoms with Gasteiger partial charge in [-0.2, -0.15) is 0 Å². The molecule has 0 atom stereocenters. The van der Waals surface area contributed by atoms with Gasteiger partial charge in [0, 0.05) is 18.1 Å². The monoisotopic (exact) mass is 294 g/mol. The number of esters is 1. The van der Waals surface area contributed by atoms with Gasteiger partial charge in [0.25, 0.3) is 0 Å². The van der Waals surface area contributed by atoms with Crippen LogP contribution >= 0.6 is 0 Å². The second-order valence-electron chi connectivity index (χ2n) is 4.79. The summed E-state index contributed by atoms with van der Waals surface area (Å²) in [5, 5.41) is 0. The minimum atomic E-state index is -0.369. The number of ether oxygens (including phenoxy) is 1. The first-order chi connectivity index (χ1) is 10.7. The summed E-state index contributed by atoms with van der Waals surface area (Å²) >= 11 is 0. The first kappa shape index (κ1) is 15.7. The summed E-state index contributed by atoms with van der Waals surface area (Å²) in [6.07, 6.45) is 3.44. The topological polar surface area (TPSA) is 43.4 Å². The lowest BCUT2D eigenvalue weighted by molar-refractivity contribution is -0.137. The van der Waals surface area contributed by atoms with Crippen molar-refractivity contribution in [2.45, 2.75) is 13.3 Å². The number of rotatable bonds is 6. The van der Waals surface area contributed by atoms with Crippen molar-refractivity contribution < 1.29 is 14.3 Å². The molecule has 0 aliphatic rings. The van der Waals surface area contributed by atoms with Gasteiger partial charge >= 0.3 is 5.97 Å². The van der Waals surface area contributed by atoms with E-state index in [2.05, 4.69) is 0 Å². The highest BCUT2D eigenvalue weighted by Gasteiger charge is 2.06. The van der Waals surface area contributed by atoms with E-state index in [1.807, 2.05) is 42.5 Å². The van der Waals surface area contributed by atoms with Crippen LogP contribution in [0.5, 0.6) is 0 Å². The van der Waals surface area contributed by atoms with Gasteiger partial charge < -0.3 is 4.74 Å². The molecule has 0 saturated heterocycles. The molecule has 0 heterocycles. The van der Waals surface area contributed by atoms with Crippen molar-refractivity contribution in [3.63, 3.8) is 0 Å². The van der Waals surface area contributed by atoms with E-state index in [1.165, 1.54) is 6.08 Å². The first-order valence-corrected chi connectivity index (χ1v) is 7.21. The predicted octanol–water partition coefficient (Wildman–Crippen LogP) is 3.69. The maximum atomic E-state index is 12.2.